The van der Waals surface area contributed by atoms with Crippen LogP contribution in [0.25, 0.3) is 0 Å². The summed E-state index contributed by atoms with van der Waals surface area (Å²) in [5.74, 6) is -5.36. The average Bonchev–Trinajstić information content (AvgIpc) is 2.44. The third kappa shape index (κ3) is 4.73. The van der Waals surface area contributed by atoms with Gasteiger partial charge in [-0.15, -0.1) is 0 Å². The van der Waals surface area contributed by atoms with Crippen LogP contribution in [-0.4, -0.2) is 58.6 Å². The highest BCUT2D eigenvalue weighted by atomic mass is 16.5. The van der Waals surface area contributed by atoms with Crippen LogP contribution in [0, 0.1) is 11.8 Å². The van der Waals surface area contributed by atoms with Crippen LogP contribution >= 0.6 is 0 Å². The van der Waals surface area contributed by atoms with Crippen molar-refractivity contribution in [1.29, 1.82) is 0 Å². The second-order valence-electron chi connectivity index (χ2n) is 4.82. The number of hydrogen-bond acceptors (Lipinski definition) is 5. The van der Waals surface area contributed by atoms with Crippen LogP contribution in [0.3, 0.4) is 0 Å². The monoisotopic (exact) mass is 301 g/mol. The summed E-state index contributed by atoms with van der Waals surface area (Å²) in [5, 5.41) is 18.1. The number of carbonyl (C=O) groups is 4. The molecule has 1 fully saturated rings. The predicted molar refractivity (Wildman–Crippen MR) is 69.3 cm³/mol. The van der Waals surface area contributed by atoms with Crippen molar-refractivity contribution in [3.63, 3.8) is 0 Å². The molecule has 1 rings (SSSR count). The van der Waals surface area contributed by atoms with E-state index >= 15 is 0 Å². The molecule has 21 heavy (non-hydrogen) atoms. The SMILES string of the molecule is CCOC(=O)CCC(=O)N1CCC(C(=O)O)C(C(=O)O)C1. The maximum absolute atomic E-state index is 11.9. The molecule has 0 radical (unpaired) electrons. The van der Waals surface area contributed by atoms with E-state index in [1.54, 1.807) is 6.92 Å². The fraction of sp³-hybridized carbons (Fsp3) is 0.692. The van der Waals surface area contributed by atoms with Crippen molar-refractivity contribution < 1.29 is 34.1 Å². The minimum absolute atomic E-state index is 0.0662. The van der Waals surface area contributed by atoms with E-state index in [2.05, 4.69) is 0 Å². The van der Waals surface area contributed by atoms with Crippen LogP contribution in [0.2, 0.25) is 0 Å². The molecule has 1 aliphatic heterocycles. The first-order valence-corrected chi connectivity index (χ1v) is 6.75. The van der Waals surface area contributed by atoms with Gasteiger partial charge in [-0.1, -0.05) is 0 Å². The molecule has 8 heteroatoms. The lowest BCUT2D eigenvalue weighted by Crippen LogP contribution is -2.48. The van der Waals surface area contributed by atoms with E-state index in [-0.39, 0.29) is 44.9 Å². The number of piperidine rings is 1. The molecule has 2 atom stereocenters. The van der Waals surface area contributed by atoms with Crippen LogP contribution in [0.1, 0.15) is 26.2 Å². The van der Waals surface area contributed by atoms with Gasteiger partial charge in [-0.05, 0) is 13.3 Å². The molecule has 0 spiro atoms. The Morgan fingerprint density at radius 2 is 1.71 bits per heavy atom. The van der Waals surface area contributed by atoms with E-state index < -0.39 is 29.7 Å². The van der Waals surface area contributed by atoms with Crippen molar-refractivity contribution in [2.24, 2.45) is 11.8 Å². The van der Waals surface area contributed by atoms with Gasteiger partial charge in [0.15, 0.2) is 0 Å². The van der Waals surface area contributed by atoms with Crippen LogP contribution in [0.15, 0.2) is 0 Å². The Morgan fingerprint density at radius 3 is 2.24 bits per heavy atom. The Balaban J connectivity index is 2.57. The lowest BCUT2D eigenvalue weighted by Gasteiger charge is -2.34. The third-order valence-electron chi connectivity index (χ3n) is 3.45. The van der Waals surface area contributed by atoms with E-state index in [0.29, 0.717) is 0 Å². The second kappa shape index (κ2) is 7.61. The summed E-state index contributed by atoms with van der Waals surface area (Å²) >= 11 is 0. The van der Waals surface area contributed by atoms with E-state index in [0.717, 1.165) is 0 Å². The minimum Gasteiger partial charge on any atom is -0.481 e. The molecule has 0 aromatic rings. The topological polar surface area (TPSA) is 121 Å². The number of ether oxygens (including phenoxy) is 1. The Hall–Kier alpha value is -2.12. The van der Waals surface area contributed by atoms with Crippen molar-refractivity contribution in [2.75, 3.05) is 19.7 Å². The number of aliphatic carboxylic acids is 2. The zero-order valence-electron chi connectivity index (χ0n) is 11.8. The molecule has 2 unspecified atom stereocenters. The van der Waals surface area contributed by atoms with Crippen molar-refractivity contribution in [3.05, 3.63) is 0 Å². The van der Waals surface area contributed by atoms with Crippen LogP contribution in [0.4, 0.5) is 0 Å². The van der Waals surface area contributed by atoms with Crippen molar-refractivity contribution in [2.45, 2.75) is 26.2 Å². The van der Waals surface area contributed by atoms with Crippen molar-refractivity contribution in [3.8, 4) is 0 Å². The Morgan fingerprint density at radius 1 is 1.10 bits per heavy atom. The molecule has 2 N–H and O–H groups in total. The van der Waals surface area contributed by atoms with Gasteiger partial charge in [0.2, 0.25) is 5.91 Å². The molecule has 0 saturated carbocycles. The summed E-state index contributed by atoms with van der Waals surface area (Å²) in [6, 6.07) is 0. The Labute approximate surface area is 121 Å². The number of carbonyl (C=O) groups excluding carboxylic acids is 2. The average molecular weight is 301 g/mol. The maximum atomic E-state index is 11.9. The number of hydrogen-bond donors (Lipinski definition) is 2. The number of likely N-dealkylation sites (tertiary alicyclic amines) is 1. The van der Waals surface area contributed by atoms with Crippen LogP contribution < -0.4 is 0 Å². The smallest absolute Gasteiger partial charge is 0.309 e. The summed E-state index contributed by atoms with van der Waals surface area (Å²) in [4.78, 5) is 46.5. The molecule has 0 aromatic heterocycles. The van der Waals surface area contributed by atoms with E-state index in [1.165, 1.54) is 4.90 Å². The lowest BCUT2D eigenvalue weighted by atomic mass is 9.85. The molecule has 1 aliphatic rings. The second-order valence-corrected chi connectivity index (χ2v) is 4.82. The van der Waals surface area contributed by atoms with Crippen LogP contribution in [-0.2, 0) is 23.9 Å². The van der Waals surface area contributed by atoms with E-state index in [1.807, 2.05) is 0 Å². The number of amides is 1. The van der Waals surface area contributed by atoms with Gasteiger partial charge in [0.25, 0.3) is 0 Å². The normalized spacial score (nSPS) is 21.7. The summed E-state index contributed by atoms with van der Waals surface area (Å²) in [6.07, 6.45) is -0.0381. The van der Waals surface area contributed by atoms with Gasteiger partial charge in [0.05, 0.1) is 24.9 Å². The quantitative estimate of drug-likeness (QED) is 0.660. The summed E-state index contributed by atoms with van der Waals surface area (Å²) < 4.78 is 4.71. The van der Waals surface area contributed by atoms with Crippen molar-refractivity contribution in [1.82, 2.24) is 4.90 Å². The number of rotatable bonds is 6. The van der Waals surface area contributed by atoms with Gasteiger partial charge >= 0.3 is 17.9 Å². The zero-order valence-corrected chi connectivity index (χ0v) is 11.8. The van der Waals surface area contributed by atoms with E-state index in [9.17, 15) is 19.2 Å². The van der Waals surface area contributed by atoms with Gasteiger partial charge in [0.1, 0.15) is 0 Å². The molecule has 0 bridgehead atoms. The first-order valence-electron chi connectivity index (χ1n) is 6.75. The number of nitrogens with zero attached hydrogens (tertiary/aromatic N) is 1. The summed E-state index contributed by atoms with van der Waals surface area (Å²) in [7, 11) is 0. The third-order valence-corrected chi connectivity index (χ3v) is 3.45. The molecule has 1 amide bonds. The number of carboxylic acids is 2. The highest BCUT2D eigenvalue weighted by Gasteiger charge is 2.39. The maximum Gasteiger partial charge on any atom is 0.309 e. The molecule has 0 aliphatic carbocycles. The van der Waals surface area contributed by atoms with Crippen LogP contribution in [0.5, 0.6) is 0 Å². The minimum atomic E-state index is -1.23. The van der Waals surface area contributed by atoms with E-state index in [4.69, 9.17) is 14.9 Å². The molecule has 118 valence electrons. The zero-order chi connectivity index (χ0) is 16.0. The highest BCUT2D eigenvalue weighted by Crippen LogP contribution is 2.25. The van der Waals surface area contributed by atoms with Gasteiger partial charge in [-0.25, -0.2) is 0 Å². The summed E-state index contributed by atoms with van der Waals surface area (Å²) in [6.45, 7) is 1.93. The lowest BCUT2D eigenvalue weighted by molar-refractivity contribution is -0.159. The fourth-order valence-electron chi connectivity index (χ4n) is 2.32. The van der Waals surface area contributed by atoms with Gasteiger partial charge in [-0.2, -0.15) is 0 Å². The predicted octanol–water partition coefficient (Wildman–Crippen LogP) is -0.0364. The number of esters is 1. The number of carboxylic acid groups (broad SMARTS) is 2. The van der Waals surface area contributed by atoms with Gasteiger partial charge in [0, 0.05) is 19.5 Å². The molecule has 0 aromatic carbocycles. The Bertz CT molecular complexity index is 434. The first kappa shape index (κ1) is 16.9. The molecule has 8 nitrogen and oxygen atoms in total. The highest BCUT2D eigenvalue weighted by molar-refractivity contribution is 5.84. The largest absolute Gasteiger partial charge is 0.481 e. The first-order chi connectivity index (χ1) is 9.86. The molecular formula is C13H19NO7. The van der Waals surface area contributed by atoms with Gasteiger partial charge in [-0.3, -0.25) is 19.2 Å². The molecular weight excluding hydrogens is 282 g/mol. The molecule has 1 saturated heterocycles. The fourth-order valence-corrected chi connectivity index (χ4v) is 2.32. The Kier molecular flexibility index (Phi) is 6.13. The summed E-state index contributed by atoms with van der Waals surface area (Å²) in [5.41, 5.74) is 0. The van der Waals surface area contributed by atoms with Crippen molar-refractivity contribution >= 4 is 23.8 Å². The standard InChI is InChI=1S/C13H19NO7/c1-2-21-11(16)4-3-10(15)14-6-5-8(12(17)18)9(7-14)13(19)20/h8-9H,2-7H2,1H3,(H,17,18)(H,19,20). The van der Waals surface area contributed by atoms with Gasteiger partial charge < -0.3 is 19.8 Å². The molecule has 1 heterocycles.